The number of primary amides is 1. The number of pyridine rings is 1. The van der Waals surface area contributed by atoms with E-state index in [0.717, 1.165) is 36.2 Å². The highest BCUT2D eigenvalue weighted by molar-refractivity contribution is 5.94. The van der Waals surface area contributed by atoms with Crippen molar-refractivity contribution in [3.8, 4) is 0 Å². The minimum atomic E-state index is -0.438. The van der Waals surface area contributed by atoms with Gasteiger partial charge < -0.3 is 15.4 Å². The van der Waals surface area contributed by atoms with E-state index >= 15 is 0 Å². The second-order valence-electron chi connectivity index (χ2n) is 9.34. The molecular formula is C23H30N8O4. The number of anilines is 1. The van der Waals surface area contributed by atoms with Crippen molar-refractivity contribution < 1.29 is 19.1 Å². The first-order valence-corrected chi connectivity index (χ1v) is 11.6. The van der Waals surface area contributed by atoms with Gasteiger partial charge in [-0.3, -0.25) is 19.9 Å². The van der Waals surface area contributed by atoms with E-state index in [1.54, 1.807) is 24.1 Å². The molecule has 4 N–H and O–H groups in total. The molecule has 1 spiro atoms. The largest absolute Gasteiger partial charge is 0.456 e. The van der Waals surface area contributed by atoms with Gasteiger partial charge in [0.1, 0.15) is 12.9 Å². The lowest BCUT2D eigenvalue weighted by Gasteiger charge is -2.40. The second kappa shape index (κ2) is 9.90. The Morgan fingerprint density at radius 1 is 1.34 bits per heavy atom. The Kier molecular flexibility index (Phi) is 6.92. The third-order valence-electron chi connectivity index (χ3n) is 7.36. The molecule has 1 saturated heterocycles. The van der Waals surface area contributed by atoms with E-state index in [0.29, 0.717) is 43.0 Å². The van der Waals surface area contributed by atoms with Gasteiger partial charge in [0.15, 0.2) is 5.82 Å². The maximum Gasteiger partial charge on any atom is 0.336 e. The molecule has 1 aromatic heterocycles. The van der Waals surface area contributed by atoms with Crippen molar-refractivity contribution in [2.24, 2.45) is 16.4 Å². The Balaban J connectivity index is 1.42. The number of amides is 2. The summed E-state index contributed by atoms with van der Waals surface area (Å²) in [4.78, 5) is 45.0. The third-order valence-corrected chi connectivity index (χ3v) is 7.36. The zero-order valence-corrected chi connectivity index (χ0v) is 19.7. The number of nitrogens with one attached hydrogen (secondary N) is 2. The van der Waals surface area contributed by atoms with Gasteiger partial charge >= 0.3 is 5.97 Å². The van der Waals surface area contributed by atoms with Gasteiger partial charge in [-0.15, -0.1) is 0 Å². The molecule has 1 aliphatic carbocycles. The number of esters is 1. The zero-order valence-electron chi connectivity index (χ0n) is 19.7. The predicted molar refractivity (Wildman–Crippen MR) is 125 cm³/mol. The topological polar surface area (TPSA) is 169 Å². The molecule has 0 radical (unpaired) electrons. The third kappa shape index (κ3) is 4.78. The molecule has 3 aliphatic rings. The van der Waals surface area contributed by atoms with Crippen LogP contribution in [0.1, 0.15) is 44.6 Å². The Labute approximate surface area is 203 Å². The van der Waals surface area contributed by atoms with Crippen LogP contribution >= 0.6 is 0 Å². The lowest BCUT2D eigenvalue weighted by molar-refractivity contribution is -0.138. The maximum atomic E-state index is 13.4. The molecular weight excluding hydrogens is 452 g/mol. The van der Waals surface area contributed by atoms with Crippen LogP contribution < -0.4 is 10.7 Å². The number of hydrogen-bond acceptors (Lipinski definition) is 9. The number of carbonyl (C=O) groups excluding carboxylic acids is 3. The molecule has 0 unspecified atom stereocenters. The summed E-state index contributed by atoms with van der Waals surface area (Å²) in [5, 5.41) is 11.5. The van der Waals surface area contributed by atoms with Crippen molar-refractivity contribution >= 4 is 29.9 Å². The smallest absolute Gasteiger partial charge is 0.336 e. The minimum absolute atomic E-state index is 0.0698. The van der Waals surface area contributed by atoms with Crippen molar-refractivity contribution in [1.82, 2.24) is 14.8 Å². The summed E-state index contributed by atoms with van der Waals surface area (Å²) in [6.07, 6.45) is 6.20. The number of cyclic esters (lactones) is 1. The van der Waals surface area contributed by atoms with E-state index in [-0.39, 0.29) is 31.1 Å². The van der Waals surface area contributed by atoms with Crippen molar-refractivity contribution in [3.63, 3.8) is 0 Å². The number of ether oxygens (including phenoxy) is 1. The quantitative estimate of drug-likeness (QED) is 0.158. The van der Waals surface area contributed by atoms with Crippen LogP contribution in [0.15, 0.2) is 34.8 Å². The van der Waals surface area contributed by atoms with Crippen molar-refractivity contribution in [2.75, 3.05) is 24.7 Å². The fourth-order valence-electron chi connectivity index (χ4n) is 5.35. The number of hydrogen-bond donors (Lipinski definition) is 3. The van der Waals surface area contributed by atoms with Gasteiger partial charge in [0.05, 0.1) is 23.2 Å². The molecule has 2 amide bonds. The Morgan fingerprint density at radius 3 is 2.63 bits per heavy atom. The molecule has 0 atom stereocenters. The van der Waals surface area contributed by atoms with Gasteiger partial charge in [-0.2, -0.15) is 10.5 Å². The van der Waals surface area contributed by atoms with E-state index < -0.39 is 11.3 Å². The molecule has 4 rings (SSSR count). The summed E-state index contributed by atoms with van der Waals surface area (Å²) in [7, 11) is 0. The fourth-order valence-corrected chi connectivity index (χ4v) is 5.35. The molecule has 186 valence electrons. The summed E-state index contributed by atoms with van der Waals surface area (Å²) in [5.41, 5.74) is 14.2. The van der Waals surface area contributed by atoms with E-state index in [1.807, 2.05) is 11.0 Å². The fraction of sp³-hybridized carbons (Fsp3) is 0.522. The normalized spacial score (nSPS) is 24.3. The van der Waals surface area contributed by atoms with Crippen LogP contribution in [-0.2, 0) is 25.7 Å². The highest BCUT2D eigenvalue weighted by Crippen LogP contribution is 2.47. The average molecular weight is 483 g/mol. The minimum Gasteiger partial charge on any atom is -0.456 e. The highest BCUT2D eigenvalue weighted by atomic mass is 16.5. The van der Waals surface area contributed by atoms with E-state index in [2.05, 4.69) is 10.2 Å². The molecule has 12 nitrogen and oxygen atoms in total. The van der Waals surface area contributed by atoms with Crippen LogP contribution in [0, 0.1) is 16.4 Å². The van der Waals surface area contributed by atoms with Gasteiger partial charge in [0.25, 0.3) is 0 Å². The average Bonchev–Trinajstić information content (AvgIpc) is 3.34. The SMILES string of the molecule is CC1=C(N2CCC3(CCC(N(CC(N)=O)Cc4ccc(N(C=N)N=N)nc4)CC3)C2=O)COC1=O. The number of nitrogens with two attached hydrogens (primary N) is 1. The number of likely N-dealkylation sites (tertiary alicyclic amines) is 1. The zero-order chi connectivity index (χ0) is 25.2. The van der Waals surface area contributed by atoms with Crippen LogP contribution in [0.5, 0.6) is 0 Å². The van der Waals surface area contributed by atoms with Crippen molar-refractivity contribution in [3.05, 3.63) is 35.2 Å². The maximum absolute atomic E-state index is 13.4. The molecule has 35 heavy (non-hydrogen) atoms. The Morgan fingerprint density at radius 2 is 2.09 bits per heavy atom. The number of nitrogens with zero attached hydrogens (tertiary/aromatic N) is 5. The van der Waals surface area contributed by atoms with Crippen LogP contribution in [0.3, 0.4) is 0 Å². The summed E-state index contributed by atoms with van der Waals surface area (Å²) in [5.74, 6) is -0.361. The molecule has 0 aromatic carbocycles. The molecule has 2 aliphatic heterocycles. The van der Waals surface area contributed by atoms with Gasteiger partial charge in [-0.05, 0) is 50.7 Å². The van der Waals surface area contributed by atoms with Crippen LogP contribution in [-0.4, -0.2) is 64.6 Å². The lowest BCUT2D eigenvalue weighted by atomic mass is 9.71. The number of carbonyl (C=O) groups is 3. The Hall–Kier alpha value is -3.67. The van der Waals surface area contributed by atoms with Gasteiger partial charge in [0, 0.05) is 25.3 Å². The summed E-state index contributed by atoms with van der Waals surface area (Å²) < 4.78 is 5.10. The van der Waals surface area contributed by atoms with E-state index in [4.69, 9.17) is 21.4 Å². The molecule has 3 heterocycles. The van der Waals surface area contributed by atoms with E-state index in [9.17, 15) is 14.4 Å². The van der Waals surface area contributed by atoms with Gasteiger partial charge in [-0.25, -0.2) is 9.78 Å². The molecule has 2 fully saturated rings. The Bertz CT molecular complexity index is 1050. The standard InChI is InChI=1S/C23H30N8O4/c1-15-18(13-35-21(15)33)30-9-8-23(22(30)34)6-4-17(5-7-23)29(12-19(25)32)11-16-2-3-20(27-10-16)31(14-24)28-26/h2-3,10,14,17,24,26H,4-9,11-13H2,1H3,(H2,25,32). The first kappa shape index (κ1) is 24.5. The second-order valence-corrected chi connectivity index (χ2v) is 9.34. The molecule has 0 bridgehead atoms. The monoisotopic (exact) mass is 482 g/mol. The highest BCUT2D eigenvalue weighted by Gasteiger charge is 2.50. The van der Waals surface area contributed by atoms with Gasteiger partial charge in [-0.1, -0.05) is 11.3 Å². The van der Waals surface area contributed by atoms with E-state index in [1.165, 1.54) is 0 Å². The number of aromatic nitrogens is 1. The first-order valence-electron chi connectivity index (χ1n) is 11.6. The van der Waals surface area contributed by atoms with Gasteiger partial charge in [0.2, 0.25) is 11.8 Å². The first-order chi connectivity index (χ1) is 16.8. The molecule has 1 aromatic rings. The summed E-state index contributed by atoms with van der Waals surface area (Å²) >= 11 is 0. The molecule has 12 heteroatoms. The summed E-state index contributed by atoms with van der Waals surface area (Å²) in [6, 6.07) is 3.58. The lowest BCUT2D eigenvalue weighted by Crippen LogP contribution is -2.46. The van der Waals surface area contributed by atoms with Crippen LogP contribution in [0.4, 0.5) is 5.82 Å². The molecule has 1 saturated carbocycles. The summed E-state index contributed by atoms with van der Waals surface area (Å²) in [6.45, 7) is 3.00. The number of rotatable bonds is 9. The van der Waals surface area contributed by atoms with Crippen molar-refractivity contribution in [2.45, 2.75) is 51.6 Å². The predicted octanol–water partition coefficient (Wildman–Crippen LogP) is 1.72. The van der Waals surface area contributed by atoms with Crippen molar-refractivity contribution in [1.29, 1.82) is 10.9 Å². The van der Waals surface area contributed by atoms with Crippen LogP contribution in [0.2, 0.25) is 0 Å². The van der Waals surface area contributed by atoms with Crippen LogP contribution in [0.25, 0.3) is 0 Å².